The fraction of sp³-hybridized carbons (Fsp3) is 0.375. The van der Waals surface area contributed by atoms with E-state index in [1.165, 1.54) is 0 Å². The SMILES string of the molecule is COCC(C)NC(=S)Nc1c(C)n(C)n(-c2ccccc2)c1=O. The van der Waals surface area contributed by atoms with Gasteiger partial charge in [-0.2, -0.15) is 0 Å². The highest BCUT2D eigenvalue weighted by molar-refractivity contribution is 7.80. The fourth-order valence-electron chi connectivity index (χ4n) is 2.38. The van der Waals surface area contributed by atoms with Crippen molar-refractivity contribution in [2.24, 2.45) is 7.05 Å². The van der Waals surface area contributed by atoms with Crippen molar-refractivity contribution in [1.29, 1.82) is 0 Å². The first-order chi connectivity index (χ1) is 11.0. The zero-order valence-electron chi connectivity index (χ0n) is 13.8. The summed E-state index contributed by atoms with van der Waals surface area (Å²) in [6, 6.07) is 9.55. The summed E-state index contributed by atoms with van der Waals surface area (Å²) in [6.45, 7) is 4.37. The van der Waals surface area contributed by atoms with Crippen molar-refractivity contribution in [2.45, 2.75) is 19.9 Å². The summed E-state index contributed by atoms with van der Waals surface area (Å²) >= 11 is 5.28. The molecule has 2 aromatic rings. The topological polar surface area (TPSA) is 60.2 Å². The second-order valence-corrected chi connectivity index (χ2v) is 5.80. The minimum atomic E-state index is -0.139. The standard InChI is InChI=1S/C16H22N4O2S/c1-11(10-22-4)17-16(23)18-14-12(2)19(3)20(15(14)21)13-8-6-5-7-9-13/h5-9,11H,10H2,1-4H3,(H2,17,18,23). The molecule has 1 heterocycles. The monoisotopic (exact) mass is 334 g/mol. The Morgan fingerprint density at radius 2 is 2.00 bits per heavy atom. The first-order valence-corrected chi connectivity index (χ1v) is 7.77. The Bertz CT molecular complexity index is 737. The van der Waals surface area contributed by atoms with Crippen LogP contribution in [0.3, 0.4) is 0 Å². The molecule has 23 heavy (non-hydrogen) atoms. The van der Waals surface area contributed by atoms with Crippen molar-refractivity contribution in [3.63, 3.8) is 0 Å². The van der Waals surface area contributed by atoms with Crippen LogP contribution >= 0.6 is 12.2 Å². The molecular formula is C16H22N4O2S. The number of ether oxygens (including phenoxy) is 1. The van der Waals surface area contributed by atoms with Crippen LogP contribution in [-0.2, 0) is 11.8 Å². The summed E-state index contributed by atoms with van der Waals surface area (Å²) in [7, 11) is 3.48. The Hall–Kier alpha value is -2.12. The van der Waals surface area contributed by atoms with E-state index in [4.69, 9.17) is 17.0 Å². The number of nitrogens with zero attached hydrogens (tertiary/aromatic N) is 2. The number of nitrogens with one attached hydrogen (secondary N) is 2. The van der Waals surface area contributed by atoms with Gasteiger partial charge in [-0.05, 0) is 38.2 Å². The van der Waals surface area contributed by atoms with E-state index in [0.29, 0.717) is 17.4 Å². The fourth-order valence-corrected chi connectivity index (χ4v) is 2.68. The average Bonchev–Trinajstić information content (AvgIpc) is 2.72. The quantitative estimate of drug-likeness (QED) is 0.817. The molecule has 6 nitrogen and oxygen atoms in total. The highest BCUT2D eigenvalue weighted by Crippen LogP contribution is 2.13. The number of hydrogen-bond acceptors (Lipinski definition) is 3. The molecule has 1 unspecified atom stereocenters. The van der Waals surface area contributed by atoms with Crippen LogP contribution < -0.4 is 16.2 Å². The molecule has 1 atom stereocenters. The molecule has 124 valence electrons. The van der Waals surface area contributed by atoms with Gasteiger partial charge in [0.25, 0.3) is 5.56 Å². The summed E-state index contributed by atoms with van der Waals surface area (Å²) in [4.78, 5) is 12.7. The number of benzene rings is 1. The van der Waals surface area contributed by atoms with Crippen LogP contribution in [0.1, 0.15) is 12.6 Å². The maximum absolute atomic E-state index is 12.7. The minimum absolute atomic E-state index is 0.0559. The predicted octanol–water partition coefficient (Wildman–Crippen LogP) is 1.81. The van der Waals surface area contributed by atoms with Crippen LogP contribution in [0, 0.1) is 6.92 Å². The molecule has 0 saturated heterocycles. The molecule has 0 amide bonds. The van der Waals surface area contributed by atoms with Crippen molar-refractivity contribution in [2.75, 3.05) is 19.0 Å². The number of hydrogen-bond donors (Lipinski definition) is 2. The summed E-state index contributed by atoms with van der Waals surface area (Å²) in [5, 5.41) is 6.50. The highest BCUT2D eigenvalue weighted by Gasteiger charge is 2.17. The van der Waals surface area contributed by atoms with Crippen molar-refractivity contribution in [3.8, 4) is 5.69 Å². The van der Waals surface area contributed by atoms with Gasteiger partial charge in [-0.25, -0.2) is 4.68 Å². The first kappa shape index (κ1) is 17.2. The van der Waals surface area contributed by atoms with Gasteiger partial charge in [0.1, 0.15) is 5.69 Å². The van der Waals surface area contributed by atoms with Crippen molar-refractivity contribution in [3.05, 3.63) is 46.4 Å². The van der Waals surface area contributed by atoms with Gasteiger partial charge in [0, 0.05) is 20.2 Å². The third-order valence-corrected chi connectivity index (χ3v) is 3.81. The molecule has 0 fully saturated rings. The maximum Gasteiger partial charge on any atom is 0.295 e. The molecule has 0 aliphatic rings. The smallest absolute Gasteiger partial charge is 0.295 e. The molecule has 1 aromatic heterocycles. The molecule has 2 N–H and O–H groups in total. The van der Waals surface area contributed by atoms with Crippen LogP contribution in [-0.4, -0.2) is 34.2 Å². The van der Waals surface area contributed by atoms with Crippen molar-refractivity contribution >= 4 is 23.0 Å². The second kappa shape index (κ2) is 7.43. The molecule has 0 spiro atoms. The molecule has 2 rings (SSSR count). The Labute approximate surface area is 141 Å². The van der Waals surface area contributed by atoms with Crippen LogP contribution in [0.25, 0.3) is 5.69 Å². The number of para-hydroxylation sites is 1. The number of anilines is 1. The maximum atomic E-state index is 12.7. The number of rotatable bonds is 5. The van der Waals surface area contributed by atoms with E-state index in [2.05, 4.69) is 10.6 Å². The van der Waals surface area contributed by atoms with Gasteiger partial charge in [-0.3, -0.25) is 9.48 Å². The van der Waals surface area contributed by atoms with Gasteiger partial charge in [0.15, 0.2) is 5.11 Å². The van der Waals surface area contributed by atoms with Gasteiger partial charge < -0.3 is 15.4 Å². The third-order valence-electron chi connectivity index (χ3n) is 3.59. The molecule has 1 aromatic carbocycles. The number of thiocarbonyl (C=S) groups is 1. The number of methoxy groups -OCH3 is 1. The van der Waals surface area contributed by atoms with E-state index >= 15 is 0 Å². The molecule has 0 radical (unpaired) electrons. The summed E-state index contributed by atoms with van der Waals surface area (Å²) in [6.07, 6.45) is 0. The van der Waals surface area contributed by atoms with E-state index < -0.39 is 0 Å². The molecule has 0 saturated carbocycles. The molecule has 0 aliphatic heterocycles. The van der Waals surface area contributed by atoms with Crippen LogP contribution in [0.4, 0.5) is 5.69 Å². The second-order valence-electron chi connectivity index (χ2n) is 5.39. The Kier molecular flexibility index (Phi) is 5.57. The van der Waals surface area contributed by atoms with Crippen molar-refractivity contribution < 1.29 is 4.74 Å². The van der Waals surface area contributed by atoms with E-state index in [1.807, 2.05) is 51.2 Å². The lowest BCUT2D eigenvalue weighted by Gasteiger charge is -2.15. The van der Waals surface area contributed by atoms with Crippen LogP contribution in [0.5, 0.6) is 0 Å². The lowest BCUT2D eigenvalue weighted by atomic mass is 10.3. The summed E-state index contributed by atoms with van der Waals surface area (Å²) in [5.74, 6) is 0. The Morgan fingerprint density at radius 1 is 1.35 bits per heavy atom. The van der Waals surface area contributed by atoms with Gasteiger partial charge in [0.2, 0.25) is 0 Å². The van der Waals surface area contributed by atoms with Gasteiger partial charge in [0.05, 0.1) is 18.0 Å². The van der Waals surface area contributed by atoms with Gasteiger partial charge >= 0.3 is 0 Å². The van der Waals surface area contributed by atoms with E-state index in [-0.39, 0.29) is 11.6 Å². The Balaban J connectivity index is 2.28. The average molecular weight is 334 g/mol. The summed E-state index contributed by atoms with van der Waals surface area (Å²) in [5.41, 5.74) is 1.95. The first-order valence-electron chi connectivity index (χ1n) is 7.36. The predicted molar refractivity (Wildman–Crippen MR) is 96.4 cm³/mol. The van der Waals surface area contributed by atoms with Crippen LogP contribution in [0.15, 0.2) is 35.1 Å². The van der Waals surface area contributed by atoms with Gasteiger partial charge in [-0.15, -0.1) is 0 Å². The third kappa shape index (κ3) is 3.80. The van der Waals surface area contributed by atoms with E-state index in [0.717, 1.165) is 11.4 Å². The molecule has 0 bridgehead atoms. The van der Waals surface area contributed by atoms with Gasteiger partial charge in [-0.1, -0.05) is 18.2 Å². The lowest BCUT2D eigenvalue weighted by molar-refractivity contribution is 0.179. The number of aromatic nitrogens is 2. The lowest BCUT2D eigenvalue weighted by Crippen LogP contribution is -2.39. The molecule has 7 heteroatoms. The van der Waals surface area contributed by atoms with Crippen LogP contribution in [0.2, 0.25) is 0 Å². The zero-order valence-corrected chi connectivity index (χ0v) is 14.6. The molecular weight excluding hydrogens is 312 g/mol. The minimum Gasteiger partial charge on any atom is -0.383 e. The summed E-state index contributed by atoms with van der Waals surface area (Å²) < 4.78 is 8.48. The van der Waals surface area contributed by atoms with E-state index in [9.17, 15) is 4.79 Å². The highest BCUT2D eigenvalue weighted by atomic mass is 32.1. The normalized spacial score (nSPS) is 12.0. The van der Waals surface area contributed by atoms with E-state index in [1.54, 1.807) is 16.5 Å². The zero-order chi connectivity index (χ0) is 17.0. The van der Waals surface area contributed by atoms with Crippen molar-refractivity contribution in [1.82, 2.24) is 14.7 Å². The molecule has 0 aliphatic carbocycles. The Morgan fingerprint density at radius 3 is 2.61 bits per heavy atom. The largest absolute Gasteiger partial charge is 0.383 e.